The lowest BCUT2D eigenvalue weighted by atomic mass is 9.71. The number of nitrogens with one attached hydrogen (secondary N) is 1. The van der Waals surface area contributed by atoms with Crippen molar-refractivity contribution in [3.8, 4) is 5.75 Å². The van der Waals surface area contributed by atoms with Crippen molar-refractivity contribution in [2.24, 2.45) is 23.2 Å². The number of fused-ring (bicyclic) bond motifs is 2. The average Bonchev–Trinajstić information content (AvgIpc) is 3.23. The van der Waals surface area contributed by atoms with Gasteiger partial charge in [0.05, 0.1) is 23.2 Å². The van der Waals surface area contributed by atoms with E-state index in [1.54, 1.807) is 0 Å². The molecule has 0 aliphatic heterocycles. The van der Waals surface area contributed by atoms with E-state index < -0.39 is 17.7 Å². The standard InChI is InChI=1S/C22H29ClFNO3/c1-22(10-13-5-6-14(7-13)11-22)12-28-20-9-17(24)19(8-16(20)23)25-18-4-2-3-15(18)21(26)27/h8-9,13-15,18,25H,2-7,10-12H2,1H3,(H,26,27)/t13-,14+,15?,18?,22+. The SMILES string of the molecule is C[C@]1(COc2cc(F)c(NC3CCCC3C(=O)O)cc2Cl)C[C@@H]2CC[C@@H](C2)C1. The maximum atomic E-state index is 14.7. The van der Waals surface area contributed by atoms with Crippen molar-refractivity contribution in [1.29, 1.82) is 0 Å². The predicted octanol–water partition coefficient (Wildman–Crippen LogP) is 5.74. The lowest BCUT2D eigenvalue weighted by Crippen LogP contribution is -2.32. The normalized spacial score (nSPS) is 34.4. The average molecular weight is 410 g/mol. The number of hydrogen-bond donors (Lipinski definition) is 2. The molecule has 0 saturated heterocycles. The molecule has 0 aromatic heterocycles. The van der Waals surface area contributed by atoms with Crippen molar-refractivity contribution < 1.29 is 19.0 Å². The Labute approximate surface area is 170 Å². The molecule has 2 unspecified atom stereocenters. The van der Waals surface area contributed by atoms with Crippen LogP contribution in [0.4, 0.5) is 10.1 Å². The van der Waals surface area contributed by atoms with Crippen LogP contribution in [-0.2, 0) is 4.79 Å². The molecule has 154 valence electrons. The van der Waals surface area contributed by atoms with Crippen molar-refractivity contribution in [3.63, 3.8) is 0 Å². The first-order chi connectivity index (χ1) is 13.3. The van der Waals surface area contributed by atoms with Crippen molar-refractivity contribution in [2.75, 3.05) is 11.9 Å². The van der Waals surface area contributed by atoms with E-state index in [0.29, 0.717) is 30.2 Å². The van der Waals surface area contributed by atoms with Crippen molar-refractivity contribution >= 4 is 23.3 Å². The van der Waals surface area contributed by atoms with Crippen molar-refractivity contribution in [3.05, 3.63) is 23.0 Å². The minimum atomic E-state index is -0.837. The Morgan fingerprint density at radius 2 is 2.00 bits per heavy atom. The zero-order valence-electron chi connectivity index (χ0n) is 16.3. The predicted molar refractivity (Wildman–Crippen MR) is 107 cm³/mol. The Hall–Kier alpha value is -1.49. The smallest absolute Gasteiger partial charge is 0.308 e. The molecule has 4 rings (SSSR count). The van der Waals surface area contributed by atoms with E-state index in [9.17, 15) is 14.3 Å². The monoisotopic (exact) mass is 409 g/mol. The van der Waals surface area contributed by atoms with Gasteiger partial charge in [-0.1, -0.05) is 37.8 Å². The molecule has 4 nitrogen and oxygen atoms in total. The Kier molecular flexibility index (Phi) is 5.47. The maximum absolute atomic E-state index is 14.7. The summed E-state index contributed by atoms with van der Waals surface area (Å²) in [7, 11) is 0. The van der Waals surface area contributed by atoms with Crippen LogP contribution in [-0.4, -0.2) is 23.7 Å². The van der Waals surface area contributed by atoms with Crippen LogP contribution in [0.15, 0.2) is 12.1 Å². The highest BCUT2D eigenvalue weighted by Crippen LogP contribution is 2.50. The quantitative estimate of drug-likeness (QED) is 0.629. The molecular weight excluding hydrogens is 381 g/mol. The summed E-state index contributed by atoms with van der Waals surface area (Å²) in [6.45, 7) is 2.82. The number of anilines is 1. The first-order valence-corrected chi connectivity index (χ1v) is 10.8. The van der Waals surface area contributed by atoms with Crippen LogP contribution in [0.5, 0.6) is 5.75 Å². The van der Waals surface area contributed by atoms with E-state index in [-0.39, 0.29) is 17.1 Å². The molecule has 3 aliphatic rings. The molecule has 3 fully saturated rings. The van der Waals surface area contributed by atoms with E-state index in [1.807, 2.05) is 0 Å². The Morgan fingerprint density at radius 3 is 2.68 bits per heavy atom. The molecule has 0 radical (unpaired) electrons. The van der Waals surface area contributed by atoms with Gasteiger partial charge in [-0.2, -0.15) is 0 Å². The van der Waals surface area contributed by atoms with Crippen LogP contribution in [0, 0.1) is 29.0 Å². The van der Waals surface area contributed by atoms with E-state index in [1.165, 1.54) is 44.2 Å². The largest absolute Gasteiger partial charge is 0.491 e. The molecule has 0 heterocycles. The molecule has 1 aromatic carbocycles. The van der Waals surface area contributed by atoms with Gasteiger partial charge in [0.2, 0.25) is 0 Å². The van der Waals surface area contributed by atoms with Crippen LogP contribution >= 0.6 is 11.6 Å². The van der Waals surface area contributed by atoms with Crippen molar-refractivity contribution in [2.45, 2.75) is 64.3 Å². The molecule has 3 aliphatic carbocycles. The molecule has 0 spiro atoms. The highest BCUT2D eigenvalue weighted by molar-refractivity contribution is 6.32. The number of hydrogen-bond acceptors (Lipinski definition) is 3. The summed E-state index contributed by atoms with van der Waals surface area (Å²) < 4.78 is 20.6. The van der Waals surface area contributed by atoms with Gasteiger partial charge in [-0.25, -0.2) is 4.39 Å². The Morgan fingerprint density at radius 1 is 1.29 bits per heavy atom. The maximum Gasteiger partial charge on any atom is 0.308 e. The van der Waals surface area contributed by atoms with Gasteiger partial charge in [0, 0.05) is 17.5 Å². The number of ether oxygens (including phenoxy) is 1. The molecule has 5 atom stereocenters. The van der Waals surface area contributed by atoms with Crippen LogP contribution in [0.2, 0.25) is 5.02 Å². The second-order valence-electron chi connectivity index (χ2n) is 9.44. The van der Waals surface area contributed by atoms with Gasteiger partial charge in [0.1, 0.15) is 11.6 Å². The second-order valence-corrected chi connectivity index (χ2v) is 9.85. The number of carboxylic acid groups (broad SMARTS) is 1. The third kappa shape index (κ3) is 4.10. The highest BCUT2D eigenvalue weighted by atomic mass is 35.5. The summed E-state index contributed by atoms with van der Waals surface area (Å²) in [6.07, 6.45) is 8.50. The van der Waals surface area contributed by atoms with Crippen molar-refractivity contribution in [1.82, 2.24) is 0 Å². The molecule has 2 bridgehead atoms. The lowest BCUT2D eigenvalue weighted by molar-refractivity contribution is -0.141. The summed E-state index contributed by atoms with van der Waals surface area (Å²) in [4.78, 5) is 11.3. The van der Waals surface area contributed by atoms with Crippen LogP contribution in [0.25, 0.3) is 0 Å². The van der Waals surface area contributed by atoms with Gasteiger partial charge in [-0.15, -0.1) is 0 Å². The van der Waals surface area contributed by atoms with Gasteiger partial charge in [-0.3, -0.25) is 4.79 Å². The molecule has 1 aromatic rings. The fourth-order valence-electron chi connectivity index (χ4n) is 5.77. The summed E-state index contributed by atoms with van der Waals surface area (Å²) in [6, 6.07) is 2.58. The molecule has 0 amide bonds. The summed E-state index contributed by atoms with van der Waals surface area (Å²) in [5.74, 6) is 0.195. The van der Waals surface area contributed by atoms with Crippen LogP contribution in [0.3, 0.4) is 0 Å². The molecule has 6 heteroatoms. The summed E-state index contributed by atoms with van der Waals surface area (Å²) in [5.41, 5.74) is 0.372. The third-order valence-electron chi connectivity index (χ3n) is 6.98. The van der Waals surface area contributed by atoms with Crippen LogP contribution in [0.1, 0.15) is 58.3 Å². The van der Waals surface area contributed by atoms with Crippen LogP contribution < -0.4 is 10.1 Å². The fourth-order valence-corrected chi connectivity index (χ4v) is 5.99. The molecule has 2 N–H and O–H groups in total. The number of rotatable bonds is 6. The molecule has 3 saturated carbocycles. The number of carboxylic acids is 1. The molecule has 28 heavy (non-hydrogen) atoms. The van der Waals surface area contributed by atoms with E-state index in [4.69, 9.17) is 16.3 Å². The Bertz CT molecular complexity index is 744. The van der Waals surface area contributed by atoms with E-state index in [2.05, 4.69) is 12.2 Å². The topological polar surface area (TPSA) is 58.6 Å². The number of benzene rings is 1. The van der Waals surface area contributed by atoms with E-state index in [0.717, 1.165) is 18.3 Å². The number of aliphatic carboxylic acids is 1. The highest BCUT2D eigenvalue weighted by Gasteiger charge is 2.41. The van der Waals surface area contributed by atoms with Gasteiger partial charge >= 0.3 is 5.97 Å². The van der Waals surface area contributed by atoms with Gasteiger partial charge in [0.15, 0.2) is 0 Å². The minimum Gasteiger partial charge on any atom is -0.491 e. The van der Waals surface area contributed by atoms with Gasteiger partial charge in [0.25, 0.3) is 0 Å². The lowest BCUT2D eigenvalue weighted by Gasteiger charge is -2.37. The Balaban J connectivity index is 1.42. The second kappa shape index (κ2) is 7.74. The first-order valence-electron chi connectivity index (χ1n) is 10.4. The number of halogens is 2. The number of carbonyl (C=O) groups is 1. The zero-order chi connectivity index (χ0) is 19.9. The van der Waals surface area contributed by atoms with Gasteiger partial charge < -0.3 is 15.2 Å². The third-order valence-corrected chi connectivity index (χ3v) is 7.28. The summed E-state index contributed by atoms with van der Waals surface area (Å²) in [5, 5.41) is 12.7. The van der Waals surface area contributed by atoms with Gasteiger partial charge in [-0.05, 0) is 50.0 Å². The fraction of sp³-hybridized carbons (Fsp3) is 0.682. The first kappa shape index (κ1) is 19.8. The minimum absolute atomic E-state index is 0.124. The summed E-state index contributed by atoms with van der Waals surface area (Å²) >= 11 is 6.37. The molecular formula is C22H29ClFNO3. The zero-order valence-corrected chi connectivity index (χ0v) is 17.1. The van der Waals surface area contributed by atoms with E-state index >= 15 is 0 Å².